The molecule has 0 rings (SSSR count). The third-order valence-corrected chi connectivity index (χ3v) is 4.65. The Morgan fingerprint density at radius 2 is 1.47 bits per heavy atom. The van der Waals surface area contributed by atoms with Crippen LogP contribution in [-0.2, 0) is 0 Å². The second-order valence-corrected chi connectivity index (χ2v) is 8.18. The Kier molecular flexibility index (Phi) is 9.03. The van der Waals surface area contributed by atoms with Crippen LogP contribution in [0.5, 0.6) is 0 Å². The van der Waals surface area contributed by atoms with E-state index in [2.05, 4.69) is 55.4 Å². The Balaban J connectivity index is 4.66. The smallest absolute Gasteiger partial charge is 0.0349 e. The van der Waals surface area contributed by atoms with Gasteiger partial charge in [-0.3, -0.25) is 0 Å². The van der Waals surface area contributed by atoms with E-state index in [4.69, 9.17) is 0 Å². The molecule has 116 valence electrons. The van der Waals surface area contributed by atoms with E-state index in [1.165, 1.54) is 38.5 Å². The fraction of sp³-hybridized carbons (Fsp3) is 1.00. The molecule has 0 radical (unpaired) electrons. The van der Waals surface area contributed by atoms with E-state index < -0.39 is 0 Å². The van der Waals surface area contributed by atoms with Gasteiger partial charge < -0.3 is 0 Å². The average Bonchev–Trinajstić information content (AvgIpc) is 2.25. The minimum absolute atomic E-state index is 0.508. The molecule has 0 bridgehead atoms. The van der Waals surface area contributed by atoms with Crippen molar-refractivity contribution >= 4 is 0 Å². The zero-order valence-corrected chi connectivity index (χ0v) is 15.1. The third-order valence-electron chi connectivity index (χ3n) is 4.65. The Morgan fingerprint density at radius 1 is 0.895 bits per heavy atom. The maximum Gasteiger partial charge on any atom is -0.0349 e. The van der Waals surface area contributed by atoms with E-state index >= 15 is 0 Å². The molecular weight excluding hydrogens is 228 g/mol. The summed E-state index contributed by atoms with van der Waals surface area (Å²) in [4.78, 5) is 0. The molecule has 0 aromatic rings. The summed E-state index contributed by atoms with van der Waals surface area (Å²) in [6.07, 6.45) is 8.31. The number of hydrogen-bond donors (Lipinski definition) is 0. The molecule has 0 saturated carbocycles. The minimum Gasteiger partial charge on any atom is -0.0654 e. The van der Waals surface area contributed by atoms with Crippen molar-refractivity contribution < 1.29 is 0 Å². The molecule has 0 amide bonds. The molecule has 0 fully saturated rings. The molecule has 0 heterocycles. The van der Waals surface area contributed by atoms with Crippen LogP contribution >= 0.6 is 0 Å². The van der Waals surface area contributed by atoms with Gasteiger partial charge in [-0.15, -0.1) is 0 Å². The van der Waals surface area contributed by atoms with Crippen LogP contribution in [0, 0.1) is 29.1 Å². The van der Waals surface area contributed by atoms with E-state index in [9.17, 15) is 0 Å². The van der Waals surface area contributed by atoms with Gasteiger partial charge in [0.2, 0.25) is 0 Å². The summed E-state index contributed by atoms with van der Waals surface area (Å²) in [5.41, 5.74) is 0.508. The molecule has 19 heavy (non-hydrogen) atoms. The molecule has 0 spiro atoms. The van der Waals surface area contributed by atoms with Crippen LogP contribution in [0.3, 0.4) is 0 Å². The molecule has 0 aromatic heterocycles. The zero-order valence-electron chi connectivity index (χ0n) is 15.1. The topological polar surface area (TPSA) is 0 Å². The fourth-order valence-corrected chi connectivity index (χ4v) is 4.05. The molecular formula is C19H40. The maximum atomic E-state index is 2.48. The Hall–Kier alpha value is 0. The fourth-order valence-electron chi connectivity index (χ4n) is 4.05. The third kappa shape index (κ3) is 8.00. The maximum absolute atomic E-state index is 2.48. The van der Waals surface area contributed by atoms with Crippen LogP contribution in [0.25, 0.3) is 0 Å². The van der Waals surface area contributed by atoms with Gasteiger partial charge in [0.15, 0.2) is 0 Å². The summed E-state index contributed by atoms with van der Waals surface area (Å²) in [5.74, 6) is 3.50. The first-order valence-electron chi connectivity index (χ1n) is 8.73. The van der Waals surface area contributed by atoms with Crippen LogP contribution in [-0.4, -0.2) is 0 Å². The highest BCUT2D eigenvalue weighted by molar-refractivity contribution is 4.80. The van der Waals surface area contributed by atoms with Crippen molar-refractivity contribution in [2.45, 2.75) is 93.9 Å². The van der Waals surface area contributed by atoms with Gasteiger partial charge in [0.1, 0.15) is 0 Å². The summed E-state index contributed by atoms with van der Waals surface area (Å²) >= 11 is 0. The summed E-state index contributed by atoms with van der Waals surface area (Å²) in [6.45, 7) is 19.3. The number of unbranched alkanes of at least 4 members (excludes halogenated alkanes) is 1. The van der Waals surface area contributed by atoms with Gasteiger partial charge in [-0.2, -0.15) is 0 Å². The lowest BCUT2D eigenvalue weighted by molar-refractivity contribution is 0.139. The molecule has 2 unspecified atom stereocenters. The van der Waals surface area contributed by atoms with Gasteiger partial charge in [-0.25, -0.2) is 0 Å². The quantitative estimate of drug-likeness (QED) is 0.402. The van der Waals surface area contributed by atoms with Gasteiger partial charge >= 0.3 is 0 Å². The highest BCUT2D eigenvalue weighted by Crippen LogP contribution is 2.40. The molecule has 0 aromatic carbocycles. The van der Waals surface area contributed by atoms with E-state index in [0.717, 1.165) is 23.7 Å². The Morgan fingerprint density at radius 3 is 1.84 bits per heavy atom. The molecule has 0 N–H and O–H groups in total. The molecule has 0 heteroatoms. The predicted molar refractivity (Wildman–Crippen MR) is 89.5 cm³/mol. The van der Waals surface area contributed by atoms with Crippen molar-refractivity contribution in [1.29, 1.82) is 0 Å². The average molecular weight is 269 g/mol. The summed E-state index contributed by atoms with van der Waals surface area (Å²) in [7, 11) is 0. The van der Waals surface area contributed by atoms with E-state index in [1.807, 2.05) is 0 Å². The van der Waals surface area contributed by atoms with Crippen LogP contribution in [0.2, 0.25) is 0 Å². The number of rotatable bonds is 10. The first kappa shape index (κ1) is 19.0. The van der Waals surface area contributed by atoms with Crippen LogP contribution in [0.15, 0.2) is 0 Å². The zero-order chi connectivity index (χ0) is 15.1. The second kappa shape index (κ2) is 9.03. The molecule has 0 nitrogen and oxygen atoms in total. The van der Waals surface area contributed by atoms with Gasteiger partial charge in [-0.1, -0.05) is 74.7 Å². The van der Waals surface area contributed by atoms with Gasteiger partial charge in [0, 0.05) is 0 Å². The van der Waals surface area contributed by atoms with E-state index in [0.29, 0.717) is 5.41 Å². The van der Waals surface area contributed by atoms with Gasteiger partial charge in [0.05, 0.1) is 0 Å². The molecule has 2 atom stereocenters. The normalized spacial score (nSPS) is 16.1. The summed E-state index contributed by atoms with van der Waals surface area (Å²) in [5, 5.41) is 0. The Labute approximate surface area is 123 Å². The first-order chi connectivity index (χ1) is 8.73. The van der Waals surface area contributed by atoms with Crippen molar-refractivity contribution in [2.75, 3.05) is 0 Å². The largest absolute Gasteiger partial charge is 0.0654 e. The monoisotopic (exact) mass is 268 g/mol. The van der Waals surface area contributed by atoms with Crippen molar-refractivity contribution in [3.8, 4) is 0 Å². The van der Waals surface area contributed by atoms with E-state index in [-0.39, 0.29) is 0 Å². The van der Waals surface area contributed by atoms with Gasteiger partial charge in [-0.05, 0) is 48.3 Å². The van der Waals surface area contributed by atoms with Crippen molar-refractivity contribution in [3.63, 3.8) is 0 Å². The minimum atomic E-state index is 0.508. The van der Waals surface area contributed by atoms with Crippen molar-refractivity contribution in [2.24, 2.45) is 29.1 Å². The van der Waals surface area contributed by atoms with E-state index in [1.54, 1.807) is 0 Å². The van der Waals surface area contributed by atoms with Crippen LogP contribution in [0.4, 0.5) is 0 Å². The van der Waals surface area contributed by atoms with Crippen molar-refractivity contribution in [1.82, 2.24) is 0 Å². The summed E-state index contributed by atoms with van der Waals surface area (Å²) < 4.78 is 0. The lowest BCUT2D eigenvalue weighted by Crippen LogP contribution is -2.27. The first-order valence-corrected chi connectivity index (χ1v) is 8.73. The second-order valence-electron chi connectivity index (χ2n) is 8.18. The highest BCUT2D eigenvalue weighted by atomic mass is 14.3. The molecule has 0 aliphatic carbocycles. The lowest BCUT2D eigenvalue weighted by atomic mass is 9.69. The number of hydrogen-bond acceptors (Lipinski definition) is 0. The SMILES string of the molecule is CCCCC(C(C)C)C(CC)CC(C)(C)CC(C)C. The van der Waals surface area contributed by atoms with Gasteiger partial charge in [0.25, 0.3) is 0 Å². The predicted octanol–water partition coefficient (Wildman–Crippen LogP) is 6.94. The summed E-state index contributed by atoms with van der Waals surface area (Å²) in [6, 6.07) is 0. The lowest BCUT2D eigenvalue weighted by Gasteiger charge is -2.37. The highest BCUT2D eigenvalue weighted by Gasteiger charge is 2.29. The molecule has 0 aliphatic rings. The van der Waals surface area contributed by atoms with Crippen molar-refractivity contribution in [3.05, 3.63) is 0 Å². The standard InChI is InChI=1S/C19H40/c1-9-11-12-18(16(5)6)17(10-2)14-19(7,8)13-15(3)4/h15-18H,9-14H2,1-8H3. The van der Waals surface area contributed by atoms with Crippen LogP contribution in [0.1, 0.15) is 93.9 Å². The molecule has 0 aliphatic heterocycles. The Bertz CT molecular complexity index is 212. The molecule has 0 saturated heterocycles. The van der Waals surface area contributed by atoms with Crippen LogP contribution < -0.4 is 0 Å².